The molecular formula is C9H4ClFOS. The predicted molar refractivity (Wildman–Crippen MR) is 52.2 cm³/mol. The molecule has 66 valence electrons. The minimum Gasteiger partial charge on any atom is -0.298 e. The van der Waals surface area contributed by atoms with E-state index in [1.807, 2.05) is 0 Å². The quantitative estimate of drug-likeness (QED) is 0.664. The summed E-state index contributed by atoms with van der Waals surface area (Å²) in [5.74, 6) is -0.400. The second-order valence-electron chi connectivity index (χ2n) is 2.52. The number of hydrogen-bond acceptors (Lipinski definition) is 2. The Hall–Kier alpha value is -0.930. The van der Waals surface area contributed by atoms with E-state index in [0.29, 0.717) is 20.7 Å². The highest BCUT2D eigenvalue weighted by Crippen LogP contribution is 2.35. The van der Waals surface area contributed by atoms with Crippen molar-refractivity contribution >= 4 is 39.3 Å². The zero-order valence-corrected chi connectivity index (χ0v) is 7.95. The fourth-order valence-electron chi connectivity index (χ4n) is 1.21. The van der Waals surface area contributed by atoms with Crippen LogP contribution in [-0.4, -0.2) is 6.29 Å². The van der Waals surface area contributed by atoms with Crippen LogP contribution in [0.15, 0.2) is 18.2 Å². The maximum Gasteiger partial charge on any atom is 0.153 e. The summed E-state index contributed by atoms with van der Waals surface area (Å²) in [5, 5.41) is 0.326. The van der Waals surface area contributed by atoms with E-state index in [4.69, 9.17) is 11.6 Å². The van der Waals surface area contributed by atoms with Gasteiger partial charge in [0.15, 0.2) is 6.29 Å². The number of halogens is 2. The second kappa shape index (κ2) is 3.09. The van der Waals surface area contributed by atoms with Crippen molar-refractivity contribution in [2.24, 2.45) is 0 Å². The molecule has 1 aromatic heterocycles. The summed E-state index contributed by atoms with van der Waals surface area (Å²) in [6.45, 7) is 0. The number of carbonyl (C=O) groups excluding carboxylic acids is 1. The lowest BCUT2D eigenvalue weighted by Crippen LogP contribution is -1.80. The van der Waals surface area contributed by atoms with E-state index in [1.165, 1.54) is 17.4 Å². The standard InChI is InChI=1S/C9H4ClFOS/c10-9-5(4-12)8-6(11)2-1-3-7(8)13-9/h1-4H. The molecule has 1 aromatic carbocycles. The molecule has 2 rings (SSSR count). The first kappa shape index (κ1) is 8.66. The molecule has 0 N–H and O–H groups in total. The molecule has 0 aliphatic carbocycles. The largest absolute Gasteiger partial charge is 0.298 e. The van der Waals surface area contributed by atoms with Gasteiger partial charge in [0.1, 0.15) is 10.2 Å². The molecule has 0 fully saturated rings. The number of thiophene rings is 1. The molecule has 4 heteroatoms. The Kier molecular flexibility index (Phi) is 2.06. The van der Waals surface area contributed by atoms with E-state index in [1.54, 1.807) is 12.1 Å². The van der Waals surface area contributed by atoms with Gasteiger partial charge < -0.3 is 0 Å². The van der Waals surface area contributed by atoms with Crippen LogP contribution in [0.5, 0.6) is 0 Å². The Bertz CT molecular complexity index is 478. The zero-order valence-electron chi connectivity index (χ0n) is 6.38. The van der Waals surface area contributed by atoms with Crippen molar-refractivity contribution in [3.05, 3.63) is 33.9 Å². The van der Waals surface area contributed by atoms with Crippen molar-refractivity contribution in [2.75, 3.05) is 0 Å². The van der Waals surface area contributed by atoms with Gasteiger partial charge in [0.25, 0.3) is 0 Å². The molecule has 0 aliphatic rings. The maximum absolute atomic E-state index is 13.2. The third-order valence-corrected chi connectivity index (χ3v) is 3.17. The molecule has 1 nitrogen and oxygen atoms in total. The first-order valence-corrected chi connectivity index (χ1v) is 4.75. The molecule has 0 atom stereocenters. The summed E-state index contributed by atoms with van der Waals surface area (Å²) in [6, 6.07) is 4.65. The van der Waals surface area contributed by atoms with Gasteiger partial charge in [-0.25, -0.2) is 4.39 Å². The van der Waals surface area contributed by atoms with Gasteiger partial charge in [0, 0.05) is 10.1 Å². The summed E-state index contributed by atoms with van der Waals surface area (Å²) in [4.78, 5) is 10.6. The van der Waals surface area contributed by atoms with Gasteiger partial charge in [-0.3, -0.25) is 4.79 Å². The van der Waals surface area contributed by atoms with Gasteiger partial charge in [-0.1, -0.05) is 17.7 Å². The summed E-state index contributed by atoms with van der Waals surface area (Å²) in [7, 11) is 0. The Labute approximate surface area is 82.7 Å². The smallest absolute Gasteiger partial charge is 0.153 e. The van der Waals surface area contributed by atoms with Crippen molar-refractivity contribution in [3.63, 3.8) is 0 Å². The van der Waals surface area contributed by atoms with Crippen LogP contribution in [0.1, 0.15) is 10.4 Å². The summed E-state index contributed by atoms with van der Waals surface area (Å²) < 4.78 is 14.3. The molecule has 0 saturated heterocycles. The lowest BCUT2D eigenvalue weighted by molar-refractivity contribution is 0.112. The molecule has 0 aliphatic heterocycles. The van der Waals surface area contributed by atoms with Gasteiger partial charge >= 0.3 is 0 Å². The Morgan fingerprint density at radius 3 is 2.92 bits per heavy atom. The molecule has 0 radical (unpaired) electrons. The molecular weight excluding hydrogens is 211 g/mol. The van der Waals surface area contributed by atoms with E-state index in [0.717, 1.165) is 0 Å². The third-order valence-electron chi connectivity index (χ3n) is 1.77. The van der Waals surface area contributed by atoms with Crippen LogP contribution in [0.4, 0.5) is 4.39 Å². The van der Waals surface area contributed by atoms with E-state index in [2.05, 4.69) is 0 Å². The van der Waals surface area contributed by atoms with Crippen LogP contribution in [0.2, 0.25) is 4.34 Å². The minimum atomic E-state index is -0.400. The average molecular weight is 215 g/mol. The van der Waals surface area contributed by atoms with E-state index < -0.39 is 5.82 Å². The molecule has 0 bridgehead atoms. The SMILES string of the molecule is O=Cc1c(Cl)sc2cccc(F)c12. The van der Waals surface area contributed by atoms with Crippen LogP contribution >= 0.6 is 22.9 Å². The van der Waals surface area contributed by atoms with E-state index in [-0.39, 0.29) is 5.56 Å². The highest BCUT2D eigenvalue weighted by atomic mass is 35.5. The van der Waals surface area contributed by atoms with Crippen LogP contribution in [-0.2, 0) is 0 Å². The van der Waals surface area contributed by atoms with Crippen molar-refractivity contribution in [3.8, 4) is 0 Å². The highest BCUT2D eigenvalue weighted by Gasteiger charge is 2.12. The summed E-state index contributed by atoms with van der Waals surface area (Å²) in [5.41, 5.74) is 0.250. The number of hydrogen-bond donors (Lipinski definition) is 0. The van der Waals surface area contributed by atoms with Crippen molar-refractivity contribution < 1.29 is 9.18 Å². The number of aldehydes is 1. The first-order valence-electron chi connectivity index (χ1n) is 3.55. The fraction of sp³-hybridized carbons (Fsp3) is 0. The van der Waals surface area contributed by atoms with Crippen molar-refractivity contribution in [1.29, 1.82) is 0 Å². The zero-order chi connectivity index (χ0) is 9.42. The number of fused-ring (bicyclic) bond motifs is 1. The summed E-state index contributed by atoms with van der Waals surface area (Å²) >= 11 is 6.97. The second-order valence-corrected chi connectivity index (χ2v) is 4.17. The maximum atomic E-state index is 13.2. The number of benzene rings is 1. The number of carbonyl (C=O) groups is 1. The highest BCUT2D eigenvalue weighted by molar-refractivity contribution is 7.23. The minimum absolute atomic E-state index is 0.250. The van der Waals surface area contributed by atoms with E-state index in [9.17, 15) is 9.18 Å². The van der Waals surface area contributed by atoms with E-state index >= 15 is 0 Å². The Morgan fingerprint density at radius 2 is 2.23 bits per heavy atom. The van der Waals surface area contributed by atoms with Gasteiger partial charge in [0.2, 0.25) is 0 Å². The topological polar surface area (TPSA) is 17.1 Å². The Morgan fingerprint density at radius 1 is 1.46 bits per heavy atom. The van der Waals surface area contributed by atoms with Gasteiger partial charge in [0.05, 0.1) is 5.56 Å². The van der Waals surface area contributed by atoms with Gasteiger partial charge in [-0.05, 0) is 12.1 Å². The average Bonchev–Trinajstić information content (AvgIpc) is 2.42. The number of rotatable bonds is 1. The van der Waals surface area contributed by atoms with Crippen LogP contribution in [0.25, 0.3) is 10.1 Å². The lowest BCUT2D eigenvalue weighted by Gasteiger charge is -1.91. The van der Waals surface area contributed by atoms with Crippen LogP contribution < -0.4 is 0 Å². The molecule has 2 aromatic rings. The lowest BCUT2D eigenvalue weighted by atomic mass is 10.2. The van der Waals surface area contributed by atoms with Crippen molar-refractivity contribution in [1.82, 2.24) is 0 Å². The van der Waals surface area contributed by atoms with Gasteiger partial charge in [-0.15, -0.1) is 11.3 Å². The molecule has 1 heterocycles. The van der Waals surface area contributed by atoms with Gasteiger partial charge in [-0.2, -0.15) is 0 Å². The third kappa shape index (κ3) is 1.24. The van der Waals surface area contributed by atoms with Crippen LogP contribution in [0, 0.1) is 5.82 Å². The molecule has 0 amide bonds. The van der Waals surface area contributed by atoms with Crippen LogP contribution in [0.3, 0.4) is 0 Å². The molecule has 0 unspecified atom stereocenters. The molecule has 0 saturated carbocycles. The fourth-order valence-corrected chi connectivity index (χ4v) is 2.50. The molecule has 0 spiro atoms. The monoisotopic (exact) mass is 214 g/mol. The predicted octanol–water partition coefficient (Wildman–Crippen LogP) is 3.51. The normalized spacial score (nSPS) is 10.6. The first-order chi connectivity index (χ1) is 6.24. The summed E-state index contributed by atoms with van der Waals surface area (Å²) in [6.07, 6.45) is 0.588. The molecule has 13 heavy (non-hydrogen) atoms. The van der Waals surface area contributed by atoms with Crippen molar-refractivity contribution in [2.45, 2.75) is 0 Å². The Balaban J connectivity index is 2.96.